The third-order valence-corrected chi connectivity index (χ3v) is 3.70. The van der Waals surface area contributed by atoms with Crippen LogP contribution in [0.1, 0.15) is 24.8 Å². The summed E-state index contributed by atoms with van der Waals surface area (Å²) in [5, 5.41) is 3.30. The Kier molecular flexibility index (Phi) is 5.81. The van der Waals surface area contributed by atoms with Crippen LogP contribution >= 0.6 is 0 Å². The highest BCUT2D eigenvalue weighted by atomic mass is 16.5. The number of nitrogens with zero attached hydrogens (tertiary/aromatic N) is 1. The minimum Gasteiger partial charge on any atom is -0.490 e. The standard InChI is InChI=1S/C17H24N2O2/c1-3-12-21-15-9-7-14(8-10-15)13-19(2)17(20)16-6-4-5-11-18-16/h3,7-10,16,18H,1,4-6,11-13H2,2H3. The van der Waals surface area contributed by atoms with Crippen LogP contribution in [0.15, 0.2) is 36.9 Å². The summed E-state index contributed by atoms with van der Waals surface area (Å²) in [6.45, 7) is 5.69. The zero-order chi connectivity index (χ0) is 15.1. The lowest BCUT2D eigenvalue weighted by molar-refractivity contribution is -0.133. The number of hydrogen-bond acceptors (Lipinski definition) is 3. The second kappa shape index (κ2) is 7.84. The molecule has 114 valence electrons. The molecule has 1 unspecified atom stereocenters. The van der Waals surface area contributed by atoms with Crippen molar-refractivity contribution < 1.29 is 9.53 Å². The highest BCUT2D eigenvalue weighted by Gasteiger charge is 2.23. The van der Waals surface area contributed by atoms with E-state index in [2.05, 4.69) is 11.9 Å². The molecule has 1 aromatic rings. The van der Waals surface area contributed by atoms with Crippen molar-refractivity contribution in [2.24, 2.45) is 0 Å². The first-order valence-electron chi connectivity index (χ1n) is 7.51. The predicted molar refractivity (Wildman–Crippen MR) is 84.2 cm³/mol. The van der Waals surface area contributed by atoms with Gasteiger partial charge in [0.1, 0.15) is 12.4 Å². The van der Waals surface area contributed by atoms with E-state index in [1.807, 2.05) is 31.3 Å². The molecule has 1 saturated heterocycles. The van der Waals surface area contributed by atoms with Gasteiger partial charge in [-0.05, 0) is 37.1 Å². The Morgan fingerprint density at radius 3 is 2.81 bits per heavy atom. The van der Waals surface area contributed by atoms with Crippen molar-refractivity contribution in [2.75, 3.05) is 20.2 Å². The van der Waals surface area contributed by atoms with Crippen LogP contribution in [0.25, 0.3) is 0 Å². The Hall–Kier alpha value is -1.81. The van der Waals surface area contributed by atoms with Crippen LogP contribution in [0, 0.1) is 0 Å². The van der Waals surface area contributed by atoms with Crippen LogP contribution in [0.3, 0.4) is 0 Å². The van der Waals surface area contributed by atoms with Gasteiger partial charge in [0.05, 0.1) is 6.04 Å². The summed E-state index contributed by atoms with van der Waals surface area (Å²) < 4.78 is 5.45. The molecule has 1 amide bonds. The van der Waals surface area contributed by atoms with Gasteiger partial charge in [-0.15, -0.1) is 0 Å². The van der Waals surface area contributed by atoms with E-state index >= 15 is 0 Å². The molecule has 0 aliphatic carbocycles. The number of ether oxygens (including phenoxy) is 1. The fraction of sp³-hybridized carbons (Fsp3) is 0.471. The van der Waals surface area contributed by atoms with E-state index in [1.54, 1.807) is 11.0 Å². The minimum absolute atomic E-state index is 0.0149. The van der Waals surface area contributed by atoms with Gasteiger partial charge in [-0.1, -0.05) is 31.2 Å². The summed E-state index contributed by atoms with van der Waals surface area (Å²) in [6.07, 6.45) is 4.96. The summed E-state index contributed by atoms with van der Waals surface area (Å²) in [5.41, 5.74) is 1.10. The maximum atomic E-state index is 12.3. The summed E-state index contributed by atoms with van der Waals surface area (Å²) >= 11 is 0. The monoisotopic (exact) mass is 288 g/mol. The molecule has 1 fully saturated rings. The third-order valence-electron chi connectivity index (χ3n) is 3.70. The Morgan fingerprint density at radius 1 is 1.43 bits per heavy atom. The first-order valence-corrected chi connectivity index (χ1v) is 7.51. The van der Waals surface area contributed by atoms with E-state index in [-0.39, 0.29) is 11.9 Å². The van der Waals surface area contributed by atoms with E-state index < -0.39 is 0 Å². The van der Waals surface area contributed by atoms with Crippen molar-refractivity contribution in [1.82, 2.24) is 10.2 Å². The lowest BCUT2D eigenvalue weighted by atomic mass is 10.0. The minimum atomic E-state index is -0.0149. The summed E-state index contributed by atoms with van der Waals surface area (Å²) in [4.78, 5) is 14.1. The Labute approximate surface area is 126 Å². The molecule has 1 atom stereocenters. The fourth-order valence-corrected chi connectivity index (χ4v) is 2.53. The van der Waals surface area contributed by atoms with E-state index in [9.17, 15) is 4.79 Å². The number of piperidine rings is 1. The normalized spacial score (nSPS) is 18.0. The molecule has 1 aromatic carbocycles. The number of amides is 1. The highest BCUT2D eigenvalue weighted by Crippen LogP contribution is 2.15. The molecule has 4 nitrogen and oxygen atoms in total. The van der Waals surface area contributed by atoms with Crippen molar-refractivity contribution in [1.29, 1.82) is 0 Å². The largest absolute Gasteiger partial charge is 0.490 e. The van der Waals surface area contributed by atoms with Crippen LogP contribution in [0.5, 0.6) is 5.75 Å². The van der Waals surface area contributed by atoms with Crippen LogP contribution in [-0.2, 0) is 11.3 Å². The maximum Gasteiger partial charge on any atom is 0.239 e. The predicted octanol–water partition coefficient (Wildman–Crippen LogP) is 2.35. The number of carbonyl (C=O) groups is 1. The van der Waals surface area contributed by atoms with Crippen molar-refractivity contribution in [3.8, 4) is 5.75 Å². The number of rotatable bonds is 6. The Bertz CT molecular complexity index is 464. The van der Waals surface area contributed by atoms with E-state index in [0.717, 1.165) is 30.7 Å². The van der Waals surface area contributed by atoms with E-state index in [4.69, 9.17) is 4.74 Å². The quantitative estimate of drug-likeness (QED) is 0.817. The molecule has 1 aliphatic rings. The van der Waals surface area contributed by atoms with Gasteiger partial charge in [0, 0.05) is 13.6 Å². The second-order valence-electron chi connectivity index (χ2n) is 5.44. The molecule has 0 radical (unpaired) electrons. The average Bonchev–Trinajstić information content (AvgIpc) is 2.54. The molecule has 2 rings (SSSR count). The summed E-state index contributed by atoms with van der Waals surface area (Å²) in [6, 6.07) is 7.83. The SMILES string of the molecule is C=CCOc1ccc(CN(C)C(=O)C2CCCCN2)cc1. The van der Waals surface area contributed by atoms with Crippen molar-refractivity contribution in [3.63, 3.8) is 0 Å². The molecule has 1 aliphatic heterocycles. The molecular weight excluding hydrogens is 264 g/mol. The van der Waals surface area contributed by atoms with Gasteiger partial charge in [-0.3, -0.25) is 4.79 Å². The maximum absolute atomic E-state index is 12.3. The second-order valence-corrected chi connectivity index (χ2v) is 5.44. The highest BCUT2D eigenvalue weighted by molar-refractivity contribution is 5.81. The van der Waals surface area contributed by atoms with Crippen LogP contribution in [0.4, 0.5) is 0 Å². The van der Waals surface area contributed by atoms with Crippen molar-refractivity contribution >= 4 is 5.91 Å². The molecule has 4 heteroatoms. The van der Waals surface area contributed by atoms with Crippen LogP contribution in [-0.4, -0.2) is 37.0 Å². The van der Waals surface area contributed by atoms with E-state index in [0.29, 0.717) is 13.2 Å². The Morgan fingerprint density at radius 2 is 2.19 bits per heavy atom. The van der Waals surface area contributed by atoms with Gasteiger partial charge in [0.2, 0.25) is 5.91 Å². The number of carbonyl (C=O) groups excluding carboxylic acids is 1. The number of benzene rings is 1. The van der Waals surface area contributed by atoms with E-state index in [1.165, 1.54) is 6.42 Å². The van der Waals surface area contributed by atoms with Gasteiger partial charge in [0.25, 0.3) is 0 Å². The topological polar surface area (TPSA) is 41.6 Å². The smallest absolute Gasteiger partial charge is 0.239 e. The molecule has 0 aromatic heterocycles. The van der Waals surface area contributed by atoms with Crippen molar-refractivity contribution in [2.45, 2.75) is 31.8 Å². The van der Waals surface area contributed by atoms with Gasteiger partial charge >= 0.3 is 0 Å². The Balaban J connectivity index is 1.87. The van der Waals surface area contributed by atoms with Crippen LogP contribution < -0.4 is 10.1 Å². The first kappa shape index (κ1) is 15.6. The molecule has 21 heavy (non-hydrogen) atoms. The zero-order valence-corrected chi connectivity index (χ0v) is 12.7. The molecular formula is C17H24N2O2. The van der Waals surface area contributed by atoms with Crippen molar-refractivity contribution in [3.05, 3.63) is 42.5 Å². The first-order chi connectivity index (χ1) is 10.2. The number of likely N-dealkylation sites (N-methyl/N-ethyl adjacent to an activating group) is 1. The third kappa shape index (κ3) is 4.60. The molecule has 0 bridgehead atoms. The summed E-state index contributed by atoms with van der Waals surface area (Å²) in [7, 11) is 1.86. The lowest BCUT2D eigenvalue weighted by Gasteiger charge is -2.27. The average molecular weight is 288 g/mol. The van der Waals surface area contributed by atoms with Gasteiger partial charge in [-0.25, -0.2) is 0 Å². The lowest BCUT2D eigenvalue weighted by Crippen LogP contribution is -2.46. The summed E-state index contributed by atoms with van der Waals surface area (Å²) in [5.74, 6) is 1.00. The zero-order valence-electron chi connectivity index (χ0n) is 12.7. The molecule has 1 heterocycles. The van der Waals surface area contributed by atoms with Gasteiger partial charge < -0.3 is 15.0 Å². The molecule has 0 spiro atoms. The number of hydrogen-bond donors (Lipinski definition) is 1. The number of nitrogens with one attached hydrogen (secondary N) is 1. The van der Waals surface area contributed by atoms with Crippen LogP contribution in [0.2, 0.25) is 0 Å². The van der Waals surface area contributed by atoms with Gasteiger partial charge in [-0.2, -0.15) is 0 Å². The fourth-order valence-electron chi connectivity index (χ4n) is 2.53. The molecule has 1 N–H and O–H groups in total. The van der Waals surface area contributed by atoms with Gasteiger partial charge in [0.15, 0.2) is 0 Å². The molecule has 0 saturated carbocycles.